The number of aliphatic carboxylic acids is 1. The van der Waals surface area contributed by atoms with Crippen LogP contribution in [-0.2, 0) is 32.0 Å². The standard InChI is InChI=1S/C24H21NO7S/c1-31-20-13-11-17(12-14-20)22(26)25(32-33(29,30)21-9-3-2-4-10-21)24(23(27)28)15-18-7-5-6-8-19(18)16-24/h2-14H,15-16H2,1H3,(H,27,28). The van der Waals surface area contributed by atoms with Crippen molar-refractivity contribution >= 4 is 22.0 Å². The molecule has 8 nitrogen and oxygen atoms in total. The summed E-state index contributed by atoms with van der Waals surface area (Å²) in [6.07, 6.45) is -0.213. The van der Waals surface area contributed by atoms with Gasteiger partial charge in [0.2, 0.25) is 0 Å². The maximum atomic E-state index is 13.5. The van der Waals surface area contributed by atoms with Crippen molar-refractivity contribution < 1.29 is 32.1 Å². The van der Waals surface area contributed by atoms with Crippen molar-refractivity contribution in [3.8, 4) is 5.75 Å². The number of rotatable bonds is 7. The molecule has 9 heteroatoms. The molecule has 170 valence electrons. The molecule has 0 saturated heterocycles. The Balaban J connectivity index is 1.81. The van der Waals surface area contributed by atoms with Gasteiger partial charge in [-0.3, -0.25) is 4.79 Å². The lowest BCUT2D eigenvalue weighted by Crippen LogP contribution is -2.58. The smallest absolute Gasteiger partial charge is 0.333 e. The molecule has 1 aliphatic carbocycles. The normalized spacial score (nSPS) is 14.3. The monoisotopic (exact) mass is 467 g/mol. The molecule has 3 aromatic rings. The summed E-state index contributed by atoms with van der Waals surface area (Å²) >= 11 is 0. The predicted molar refractivity (Wildman–Crippen MR) is 118 cm³/mol. The Morgan fingerprint density at radius 3 is 1.94 bits per heavy atom. The van der Waals surface area contributed by atoms with Gasteiger partial charge in [-0.1, -0.05) is 42.5 Å². The van der Waals surface area contributed by atoms with Crippen LogP contribution in [0.2, 0.25) is 0 Å². The summed E-state index contributed by atoms with van der Waals surface area (Å²) in [5.74, 6) is -1.78. The summed E-state index contributed by atoms with van der Waals surface area (Å²) in [4.78, 5) is 25.9. The Kier molecular flexibility index (Phi) is 5.92. The lowest BCUT2D eigenvalue weighted by molar-refractivity contribution is -0.167. The minimum atomic E-state index is -4.50. The largest absolute Gasteiger partial charge is 0.497 e. The van der Waals surface area contributed by atoms with Gasteiger partial charge in [-0.05, 0) is 47.5 Å². The van der Waals surface area contributed by atoms with Crippen molar-refractivity contribution in [2.24, 2.45) is 0 Å². The highest BCUT2D eigenvalue weighted by Gasteiger charge is 2.54. The number of fused-ring (bicyclic) bond motifs is 1. The van der Waals surface area contributed by atoms with Gasteiger partial charge in [-0.25, -0.2) is 4.79 Å². The first-order valence-electron chi connectivity index (χ1n) is 10.1. The highest BCUT2D eigenvalue weighted by molar-refractivity contribution is 7.86. The summed E-state index contributed by atoms with van der Waals surface area (Å²) in [6.45, 7) is 0. The highest BCUT2D eigenvalue weighted by Crippen LogP contribution is 2.37. The van der Waals surface area contributed by atoms with E-state index in [0.29, 0.717) is 21.9 Å². The van der Waals surface area contributed by atoms with Crippen LogP contribution in [0.1, 0.15) is 21.5 Å². The molecular formula is C24H21NO7S. The van der Waals surface area contributed by atoms with Crippen LogP contribution in [0.4, 0.5) is 0 Å². The summed E-state index contributed by atoms with van der Waals surface area (Å²) in [7, 11) is -3.04. The lowest BCUT2D eigenvalue weighted by Gasteiger charge is -2.35. The van der Waals surface area contributed by atoms with E-state index in [1.54, 1.807) is 30.3 Å². The van der Waals surface area contributed by atoms with Gasteiger partial charge in [0.15, 0.2) is 5.54 Å². The lowest BCUT2D eigenvalue weighted by atomic mass is 9.94. The second-order valence-corrected chi connectivity index (χ2v) is 9.16. The van der Waals surface area contributed by atoms with Crippen LogP contribution in [0.3, 0.4) is 0 Å². The van der Waals surface area contributed by atoms with Crippen molar-refractivity contribution in [1.82, 2.24) is 5.06 Å². The number of hydrogen-bond acceptors (Lipinski definition) is 6. The van der Waals surface area contributed by atoms with E-state index in [1.807, 2.05) is 0 Å². The van der Waals surface area contributed by atoms with E-state index >= 15 is 0 Å². The average Bonchev–Trinajstić information content (AvgIpc) is 3.24. The summed E-state index contributed by atoms with van der Waals surface area (Å²) < 4.78 is 36.5. The maximum Gasteiger partial charge on any atom is 0.333 e. The molecule has 0 aliphatic heterocycles. The first-order chi connectivity index (χ1) is 15.8. The van der Waals surface area contributed by atoms with Gasteiger partial charge in [0, 0.05) is 18.4 Å². The second-order valence-electron chi connectivity index (χ2n) is 7.63. The highest BCUT2D eigenvalue weighted by atomic mass is 32.2. The fourth-order valence-electron chi connectivity index (χ4n) is 3.86. The average molecular weight is 467 g/mol. The van der Waals surface area contributed by atoms with Gasteiger partial charge in [-0.2, -0.15) is 13.5 Å². The van der Waals surface area contributed by atoms with E-state index in [4.69, 9.17) is 9.02 Å². The van der Waals surface area contributed by atoms with E-state index in [9.17, 15) is 23.1 Å². The molecule has 1 N–H and O–H groups in total. The van der Waals surface area contributed by atoms with Gasteiger partial charge in [0.25, 0.3) is 5.91 Å². The number of carboxylic acid groups (broad SMARTS) is 1. The van der Waals surface area contributed by atoms with Crippen LogP contribution >= 0.6 is 0 Å². The minimum Gasteiger partial charge on any atom is -0.497 e. The van der Waals surface area contributed by atoms with Crippen LogP contribution < -0.4 is 4.74 Å². The molecule has 4 rings (SSSR count). The number of nitrogens with zero attached hydrogens (tertiary/aromatic N) is 1. The Bertz CT molecular complexity index is 1260. The molecule has 0 unspecified atom stereocenters. The van der Waals surface area contributed by atoms with Gasteiger partial charge in [-0.15, -0.1) is 4.28 Å². The molecule has 0 bridgehead atoms. The number of methoxy groups -OCH3 is 1. The van der Waals surface area contributed by atoms with E-state index in [2.05, 4.69) is 0 Å². The van der Waals surface area contributed by atoms with Crippen LogP contribution in [-0.4, -0.2) is 43.1 Å². The third-order valence-corrected chi connectivity index (χ3v) is 6.79. The molecule has 0 aromatic heterocycles. The van der Waals surface area contributed by atoms with Crippen molar-refractivity contribution in [2.75, 3.05) is 7.11 Å². The second kappa shape index (κ2) is 8.68. The van der Waals surface area contributed by atoms with Gasteiger partial charge >= 0.3 is 16.1 Å². The topological polar surface area (TPSA) is 110 Å². The molecule has 0 saturated carbocycles. The van der Waals surface area contributed by atoms with Crippen LogP contribution in [0.15, 0.2) is 83.8 Å². The van der Waals surface area contributed by atoms with Crippen LogP contribution in [0, 0.1) is 0 Å². The molecule has 0 spiro atoms. The van der Waals surface area contributed by atoms with E-state index < -0.39 is 27.5 Å². The third-order valence-electron chi connectivity index (χ3n) is 5.60. The number of carbonyl (C=O) groups excluding carboxylic acids is 1. The van der Waals surface area contributed by atoms with Gasteiger partial charge in [0.1, 0.15) is 5.75 Å². The molecule has 0 atom stereocenters. The molecule has 1 amide bonds. The first kappa shape index (κ1) is 22.5. The molecule has 3 aromatic carbocycles. The fraction of sp³-hybridized carbons (Fsp3) is 0.167. The molecule has 0 heterocycles. The zero-order valence-corrected chi connectivity index (χ0v) is 18.5. The van der Waals surface area contributed by atoms with Gasteiger partial charge < -0.3 is 9.84 Å². The van der Waals surface area contributed by atoms with Crippen LogP contribution in [0.5, 0.6) is 5.75 Å². The van der Waals surface area contributed by atoms with E-state index in [0.717, 1.165) is 0 Å². The van der Waals surface area contributed by atoms with Crippen molar-refractivity contribution in [3.05, 3.63) is 95.6 Å². The predicted octanol–water partition coefficient (Wildman–Crippen LogP) is 3.08. The fourth-order valence-corrected chi connectivity index (χ4v) is 4.84. The van der Waals surface area contributed by atoms with E-state index in [1.165, 1.54) is 55.6 Å². The molecule has 1 aliphatic rings. The Hall–Kier alpha value is -3.69. The summed E-state index contributed by atoms with van der Waals surface area (Å²) in [5, 5.41) is 10.8. The number of hydrogen-bond donors (Lipinski definition) is 1. The van der Waals surface area contributed by atoms with Crippen molar-refractivity contribution in [1.29, 1.82) is 0 Å². The molecular weight excluding hydrogens is 446 g/mol. The molecule has 33 heavy (non-hydrogen) atoms. The maximum absolute atomic E-state index is 13.5. The number of benzene rings is 3. The third kappa shape index (κ3) is 4.20. The first-order valence-corrected chi connectivity index (χ1v) is 11.5. The number of carbonyl (C=O) groups is 2. The van der Waals surface area contributed by atoms with Crippen LogP contribution in [0.25, 0.3) is 0 Å². The zero-order valence-electron chi connectivity index (χ0n) is 17.7. The number of amides is 1. The van der Waals surface area contributed by atoms with Gasteiger partial charge in [0.05, 0.1) is 12.0 Å². The molecule has 0 fully saturated rings. The Labute approximate surface area is 191 Å². The quantitative estimate of drug-likeness (QED) is 0.532. The molecule has 0 radical (unpaired) electrons. The number of hydroxylamine groups is 2. The van der Waals surface area contributed by atoms with E-state index in [-0.39, 0.29) is 23.3 Å². The Morgan fingerprint density at radius 2 is 1.42 bits per heavy atom. The number of carboxylic acids is 1. The Morgan fingerprint density at radius 1 is 0.879 bits per heavy atom. The summed E-state index contributed by atoms with van der Waals surface area (Å²) in [6, 6.07) is 20.2. The summed E-state index contributed by atoms with van der Waals surface area (Å²) in [5.41, 5.74) is -0.500. The zero-order chi connectivity index (χ0) is 23.6. The minimum absolute atomic E-state index is 0.0515. The van der Waals surface area contributed by atoms with Crippen molar-refractivity contribution in [2.45, 2.75) is 23.3 Å². The SMILES string of the molecule is COc1ccc(C(=O)N(OS(=O)(=O)c2ccccc2)C2(C(=O)O)Cc3ccccc3C2)cc1. The van der Waals surface area contributed by atoms with Crippen molar-refractivity contribution in [3.63, 3.8) is 0 Å². The number of ether oxygens (including phenoxy) is 1.